The van der Waals surface area contributed by atoms with E-state index in [1.807, 2.05) is 13.8 Å². The highest BCUT2D eigenvalue weighted by Crippen LogP contribution is 2.33. The van der Waals surface area contributed by atoms with E-state index in [4.69, 9.17) is 0 Å². The van der Waals surface area contributed by atoms with Crippen LogP contribution in [0.5, 0.6) is 0 Å². The standard InChI is InChI=1S/C13H22F3NO2/c1-4-10-5-8(2)12(9(3)18)17(7-10)11(19)6-13(14,15)16/h8-10,12,18H,4-7H2,1-3H3/t8-,9?,10?,12?/m1/s1. The van der Waals surface area contributed by atoms with Gasteiger partial charge < -0.3 is 10.0 Å². The lowest BCUT2D eigenvalue weighted by Gasteiger charge is -2.45. The van der Waals surface area contributed by atoms with Gasteiger partial charge in [-0.05, 0) is 25.2 Å². The van der Waals surface area contributed by atoms with Gasteiger partial charge in [-0.15, -0.1) is 0 Å². The van der Waals surface area contributed by atoms with Crippen molar-refractivity contribution in [3.05, 3.63) is 0 Å². The van der Waals surface area contributed by atoms with Crippen LogP contribution in [-0.4, -0.2) is 40.8 Å². The van der Waals surface area contributed by atoms with Crippen molar-refractivity contribution in [2.75, 3.05) is 6.54 Å². The van der Waals surface area contributed by atoms with Crippen LogP contribution in [0.4, 0.5) is 13.2 Å². The molecule has 1 heterocycles. The first kappa shape index (κ1) is 16.3. The fourth-order valence-corrected chi connectivity index (χ4v) is 3.02. The zero-order valence-electron chi connectivity index (χ0n) is 11.6. The molecular formula is C13H22F3NO2. The molecule has 0 spiro atoms. The van der Waals surface area contributed by atoms with Gasteiger partial charge in [0.05, 0.1) is 12.1 Å². The van der Waals surface area contributed by atoms with E-state index in [-0.39, 0.29) is 11.8 Å². The molecule has 0 aromatic carbocycles. The Hall–Kier alpha value is -0.780. The van der Waals surface area contributed by atoms with Crippen LogP contribution in [0.1, 0.15) is 40.0 Å². The van der Waals surface area contributed by atoms with Gasteiger partial charge in [0.25, 0.3) is 0 Å². The Morgan fingerprint density at radius 1 is 1.47 bits per heavy atom. The number of alkyl halides is 3. The molecule has 0 radical (unpaired) electrons. The quantitative estimate of drug-likeness (QED) is 0.863. The van der Waals surface area contributed by atoms with Gasteiger partial charge >= 0.3 is 6.18 Å². The molecule has 112 valence electrons. The zero-order valence-corrected chi connectivity index (χ0v) is 11.6. The number of aliphatic hydroxyl groups is 1. The van der Waals surface area contributed by atoms with Crippen molar-refractivity contribution in [1.29, 1.82) is 0 Å². The molecule has 1 aliphatic rings. The predicted molar refractivity (Wildman–Crippen MR) is 65.4 cm³/mol. The van der Waals surface area contributed by atoms with E-state index < -0.39 is 30.7 Å². The van der Waals surface area contributed by atoms with Crippen LogP contribution in [0.25, 0.3) is 0 Å². The molecule has 1 amide bonds. The normalized spacial score (nSPS) is 30.3. The van der Waals surface area contributed by atoms with Gasteiger partial charge in [0.2, 0.25) is 5.91 Å². The van der Waals surface area contributed by atoms with Gasteiger partial charge in [0, 0.05) is 6.54 Å². The summed E-state index contributed by atoms with van der Waals surface area (Å²) in [6.07, 6.45) is -5.10. The Morgan fingerprint density at radius 3 is 2.47 bits per heavy atom. The molecule has 1 rings (SSSR count). The highest BCUT2D eigenvalue weighted by Gasteiger charge is 2.41. The number of rotatable bonds is 3. The Balaban J connectivity index is 2.87. The molecule has 0 aliphatic carbocycles. The van der Waals surface area contributed by atoms with Crippen molar-refractivity contribution in [3.63, 3.8) is 0 Å². The van der Waals surface area contributed by atoms with Crippen molar-refractivity contribution in [3.8, 4) is 0 Å². The predicted octanol–water partition coefficient (Wildman–Crippen LogP) is 2.58. The molecule has 3 nitrogen and oxygen atoms in total. The van der Waals surface area contributed by atoms with Crippen LogP contribution >= 0.6 is 0 Å². The highest BCUT2D eigenvalue weighted by molar-refractivity contribution is 5.77. The van der Waals surface area contributed by atoms with E-state index in [1.54, 1.807) is 0 Å². The largest absolute Gasteiger partial charge is 0.397 e. The molecule has 4 atom stereocenters. The fraction of sp³-hybridized carbons (Fsp3) is 0.923. The van der Waals surface area contributed by atoms with Crippen LogP contribution in [0, 0.1) is 11.8 Å². The van der Waals surface area contributed by atoms with E-state index in [9.17, 15) is 23.1 Å². The molecule has 19 heavy (non-hydrogen) atoms. The first-order chi connectivity index (χ1) is 8.65. The monoisotopic (exact) mass is 281 g/mol. The van der Waals surface area contributed by atoms with Crippen LogP contribution in [0.15, 0.2) is 0 Å². The summed E-state index contributed by atoms with van der Waals surface area (Å²) in [5, 5.41) is 9.75. The Kier molecular flexibility index (Phi) is 5.24. The molecule has 0 saturated carbocycles. The van der Waals surface area contributed by atoms with Gasteiger partial charge in [-0.2, -0.15) is 13.2 Å². The highest BCUT2D eigenvalue weighted by atomic mass is 19.4. The van der Waals surface area contributed by atoms with Crippen LogP contribution in [0.3, 0.4) is 0 Å². The van der Waals surface area contributed by atoms with E-state index in [1.165, 1.54) is 11.8 Å². The van der Waals surface area contributed by atoms with E-state index in [0.29, 0.717) is 6.54 Å². The fourth-order valence-electron chi connectivity index (χ4n) is 3.02. The van der Waals surface area contributed by atoms with Gasteiger partial charge in [-0.25, -0.2) is 0 Å². The number of carbonyl (C=O) groups excluding carboxylic acids is 1. The molecule has 1 fully saturated rings. The minimum absolute atomic E-state index is 0.0101. The number of piperidine rings is 1. The van der Waals surface area contributed by atoms with Gasteiger partial charge in [0.1, 0.15) is 6.42 Å². The lowest BCUT2D eigenvalue weighted by atomic mass is 9.81. The topological polar surface area (TPSA) is 40.5 Å². The Morgan fingerprint density at radius 2 is 2.05 bits per heavy atom. The molecule has 6 heteroatoms. The van der Waals surface area contributed by atoms with Crippen molar-refractivity contribution >= 4 is 5.91 Å². The summed E-state index contributed by atoms with van der Waals surface area (Å²) in [5.74, 6) is -0.707. The van der Waals surface area contributed by atoms with Crippen molar-refractivity contribution in [2.45, 2.75) is 58.4 Å². The Bertz CT molecular complexity index is 318. The summed E-state index contributed by atoms with van der Waals surface area (Å²) in [6.45, 7) is 5.69. The van der Waals surface area contributed by atoms with Crippen LogP contribution < -0.4 is 0 Å². The average Bonchev–Trinajstić information content (AvgIpc) is 2.24. The molecular weight excluding hydrogens is 259 g/mol. The average molecular weight is 281 g/mol. The van der Waals surface area contributed by atoms with Gasteiger partial charge in [-0.1, -0.05) is 20.3 Å². The number of halogens is 3. The Labute approximate surface area is 111 Å². The number of nitrogens with zero attached hydrogens (tertiary/aromatic N) is 1. The molecule has 1 N–H and O–H groups in total. The second-order valence-electron chi connectivity index (χ2n) is 5.56. The molecule has 3 unspecified atom stereocenters. The van der Waals surface area contributed by atoms with Gasteiger partial charge in [0.15, 0.2) is 0 Å². The SMILES string of the molecule is CCC1C[C@@H](C)C(C(C)O)N(C(=O)CC(F)(F)F)C1. The number of likely N-dealkylation sites (tertiary alicyclic amines) is 1. The maximum atomic E-state index is 12.4. The van der Waals surface area contributed by atoms with E-state index in [0.717, 1.165) is 12.8 Å². The summed E-state index contributed by atoms with van der Waals surface area (Å²) in [5.41, 5.74) is 0. The molecule has 0 bridgehead atoms. The third-order valence-electron chi connectivity index (χ3n) is 3.85. The first-order valence-electron chi connectivity index (χ1n) is 6.70. The maximum Gasteiger partial charge on any atom is 0.397 e. The zero-order chi connectivity index (χ0) is 14.8. The second-order valence-corrected chi connectivity index (χ2v) is 5.56. The number of aliphatic hydroxyl groups excluding tert-OH is 1. The van der Waals surface area contributed by atoms with Crippen molar-refractivity contribution < 1.29 is 23.1 Å². The third kappa shape index (κ3) is 4.37. The molecule has 0 aromatic heterocycles. The van der Waals surface area contributed by atoms with Crippen molar-refractivity contribution in [2.24, 2.45) is 11.8 Å². The lowest BCUT2D eigenvalue weighted by Crippen LogP contribution is -2.55. The number of hydrogen-bond acceptors (Lipinski definition) is 2. The van der Waals surface area contributed by atoms with Crippen LogP contribution in [-0.2, 0) is 4.79 Å². The third-order valence-corrected chi connectivity index (χ3v) is 3.85. The number of amides is 1. The number of hydrogen-bond donors (Lipinski definition) is 1. The smallest absolute Gasteiger partial charge is 0.391 e. The summed E-state index contributed by atoms with van der Waals surface area (Å²) >= 11 is 0. The summed E-state index contributed by atoms with van der Waals surface area (Å²) < 4.78 is 37.1. The van der Waals surface area contributed by atoms with E-state index in [2.05, 4.69) is 0 Å². The minimum Gasteiger partial charge on any atom is -0.391 e. The van der Waals surface area contributed by atoms with Gasteiger partial charge in [-0.3, -0.25) is 4.79 Å². The van der Waals surface area contributed by atoms with E-state index >= 15 is 0 Å². The number of carbonyl (C=O) groups is 1. The summed E-state index contributed by atoms with van der Waals surface area (Å²) in [4.78, 5) is 13.1. The first-order valence-corrected chi connectivity index (χ1v) is 6.70. The lowest BCUT2D eigenvalue weighted by molar-refractivity contribution is -0.168. The summed E-state index contributed by atoms with van der Waals surface area (Å²) in [6, 6.07) is -0.516. The molecule has 1 aliphatic heterocycles. The molecule has 0 aromatic rings. The minimum atomic E-state index is -4.50. The molecule has 1 saturated heterocycles. The van der Waals surface area contributed by atoms with Crippen molar-refractivity contribution in [1.82, 2.24) is 4.90 Å². The summed E-state index contributed by atoms with van der Waals surface area (Å²) in [7, 11) is 0. The second kappa shape index (κ2) is 6.11. The maximum absolute atomic E-state index is 12.4. The van der Waals surface area contributed by atoms with Crippen LogP contribution in [0.2, 0.25) is 0 Å².